The maximum atomic E-state index is 13.6. The lowest BCUT2D eigenvalue weighted by atomic mass is 9.95. The van der Waals surface area contributed by atoms with Crippen molar-refractivity contribution in [2.24, 2.45) is 0 Å². The molecule has 0 bridgehead atoms. The predicted octanol–water partition coefficient (Wildman–Crippen LogP) is 5.47. The minimum atomic E-state index is -0.188. The molecular formula is C27H33N3O3S. The number of amides is 2. The van der Waals surface area contributed by atoms with Gasteiger partial charge >= 0.3 is 6.03 Å². The molecule has 1 N–H and O–H groups in total. The molecule has 7 heteroatoms. The van der Waals surface area contributed by atoms with E-state index in [4.69, 9.17) is 9.47 Å². The molecule has 0 spiro atoms. The van der Waals surface area contributed by atoms with Crippen LogP contribution in [0.5, 0.6) is 5.75 Å². The van der Waals surface area contributed by atoms with Gasteiger partial charge in [-0.15, -0.1) is 11.3 Å². The van der Waals surface area contributed by atoms with Gasteiger partial charge in [-0.2, -0.15) is 0 Å². The number of thiophene rings is 1. The number of rotatable bonds is 7. The lowest BCUT2D eigenvalue weighted by Crippen LogP contribution is -2.42. The summed E-state index contributed by atoms with van der Waals surface area (Å²) in [5.74, 6) is 0.846. The number of aryl methyl sites for hydroxylation is 1. The van der Waals surface area contributed by atoms with Gasteiger partial charge in [0.05, 0.1) is 24.9 Å². The molecule has 6 nitrogen and oxygen atoms in total. The molecule has 3 heterocycles. The number of ether oxygens (including phenoxy) is 2. The van der Waals surface area contributed by atoms with Crippen LogP contribution in [0.2, 0.25) is 0 Å². The number of urea groups is 1. The summed E-state index contributed by atoms with van der Waals surface area (Å²) in [7, 11) is 1.69. The molecule has 2 aliphatic rings. The van der Waals surface area contributed by atoms with Crippen LogP contribution in [-0.2, 0) is 24.1 Å². The zero-order valence-electron chi connectivity index (χ0n) is 20.0. The molecule has 1 atom stereocenters. The fourth-order valence-electron chi connectivity index (χ4n) is 5.16. The van der Waals surface area contributed by atoms with E-state index in [0.717, 1.165) is 36.3 Å². The zero-order valence-corrected chi connectivity index (χ0v) is 20.8. The number of nitrogens with one attached hydrogen (secondary N) is 1. The van der Waals surface area contributed by atoms with Crippen LogP contribution >= 0.6 is 11.3 Å². The fourth-order valence-corrected chi connectivity index (χ4v) is 6.57. The summed E-state index contributed by atoms with van der Waals surface area (Å²) in [6, 6.07) is 12.2. The van der Waals surface area contributed by atoms with E-state index < -0.39 is 0 Å². The number of carbonyl (C=O) groups excluding carboxylic acids is 1. The summed E-state index contributed by atoms with van der Waals surface area (Å²) in [4.78, 5) is 17.2. The van der Waals surface area contributed by atoms with E-state index in [0.29, 0.717) is 26.3 Å². The second-order valence-corrected chi connectivity index (χ2v) is 9.99. The third-order valence-corrected chi connectivity index (χ3v) is 8.08. The largest absolute Gasteiger partial charge is 0.494 e. The van der Waals surface area contributed by atoms with Gasteiger partial charge in [0.2, 0.25) is 0 Å². The minimum Gasteiger partial charge on any atom is -0.494 e. The second kappa shape index (κ2) is 10.2. The van der Waals surface area contributed by atoms with E-state index in [2.05, 4.69) is 40.3 Å². The van der Waals surface area contributed by atoms with Gasteiger partial charge in [-0.05, 0) is 74.4 Å². The minimum absolute atomic E-state index is 0.0358. The highest BCUT2D eigenvalue weighted by Crippen LogP contribution is 2.44. The highest BCUT2D eigenvalue weighted by atomic mass is 32.1. The van der Waals surface area contributed by atoms with Crippen molar-refractivity contribution in [2.75, 3.05) is 26.9 Å². The Bertz CT molecular complexity index is 1130. The van der Waals surface area contributed by atoms with Crippen molar-refractivity contribution in [2.45, 2.75) is 51.6 Å². The Hall–Kier alpha value is -2.77. The molecule has 180 valence electrons. The SMILES string of the molecule is CCOc1ccc(C2c3cccn3-c3sc4c(c3CN2C(=O)NCCCOC)CCCC4)cc1. The zero-order chi connectivity index (χ0) is 23.5. The van der Waals surface area contributed by atoms with E-state index >= 15 is 0 Å². The molecule has 0 radical (unpaired) electrons. The predicted molar refractivity (Wildman–Crippen MR) is 135 cm³/mol. The van der Waals surface area contributed by atoms with Crippen molar-refractivity contribution in [3.8, 4) is 10.8 Å². The molecule has 1 aliphatic carbocycles. The van der Waals surface area contributed by atoms with Gasteiger partial charge in [-0.3, -0.25) is 0 Å². The lowest BCUT2D eigenvalue weighted by Gasteiger charge is -2.31. The van der Waals surface area contributed by atoms with Gasteiger partial charge in [-0.25, -0.2) is 4.79 Å². The summed E-state index contributed by atoms with van der Waals surface area (Å²) in [5, 5.41) is 4.42. The second-order valence-electron chi connectivity index (χ2n) is 8.91. The van der Waals surface area contributed by atoms with Gasteiger partial charge in [0.1, 0.15) is 10.8 Å². The number of carbonyl (C=O) groups is 1. The van der Waals surface area contributed by atoms with Crippen molar-refractivity contribution < 1.29 is 14.3 Å². The van der Waals surface area contributed by atoms with Crippen molar-refractivity contribution in [3.05, 3.63) is 69.9 Å². The molecular weight excluding hydrogens is 446 g/mol. The van der Waals surface area contributed by atoms with Crippen LogP contribution in [-0.4, -0.2) is 42.4 Å². The molecule has 0 saturated heterocycles. The van der Waals surface area contributed by atoms with Crippen LogP contribution in [0.15, 0.2) is 42.6 Å². The number of hydrogen-bond acceptors (Lipinski definition) is 4. The first-order chi connectivity index (χ1) is 16.7. The monoisotopic (exact) mass is 479 g/mol. The van der Waals surface area contributed by atoms with Crippen LogP contribution in [0.1, 0.15) is 59.5 Å². The van der Waals surface area contributed by atoms with Gasteiger partial charge in [0.25, 0.3) is 0 Å². The molecule has 2 amide bonds. The Kier molecular flexibility index (Phi) is 6.92. The summed E-state index contributed by atoms with van der Waals surface area (Å²) in [5.41, 5.74) is 4.99. The summed E-state index contributed by atoms with van der Waals surface area (Å²) in [6.07, 6.45) is 7.67. The third kappa shape index (κ3) is 4.34. The van der Waals surface area contributed by atoms with Crippen LogP contribution in [0.3, 0.4) is 0 Å². The smallest absolute Gasteiger partial charge is 0.318 e. The maximum absolute atomic E-state index is 13.6. The maximum Gasteiger partial charge on any atom is 0.318 e. The van der Waals surface area contributed by atoms with Crippen molar-refractivity contribution >= 4 is 17.4 Å². The Morgan fingerprint density at radius 1 is 1.15 bits per heavy atom. The molecule has 0 fully saturated rings. The van der Waals surface area contributed by atoms with Gasteiger partial charge < -0.3 is 24.3 Å². The number of methoxy groups -OCH3 is 1. The number of aromatic nitrogens is 1. The molecule has 34 heavy (non-hydrogen) atoms. The molecule has 2 aromatic heterocycles. The lowest BCUT2D eigenvalue weighted by molar-refractivity contribution is 0.174. The van der Waals surface area contributed by atoms with Crippen molar-refractivity contribution in [1.29, 1.82) is 0 Å². The van der Waals surface area contributed by atoms with Crippen LogP contribution in [0.25, 0.3) is 5.00 Å². The van der Waals surface area contributed by atoms with Crippen molar-refractivity contribution in [1.82, 2.24) is 14.8 Å². The van der Waals surface area contributed by atoms with Crippen LogP contribution < -0.4 is 10.1 Å². The Labute approximate surface area is 205 Å². The number of fused-ring (bicyclic) bond motifs is 5. The molecule has 1 aliphatic heterocycles. The van der Waals surface area contributed by atoms with Crippen molar-refractivity contribution in [3.63, 3.8) is 0 Å². The highest BCUT2D eigenvalue weighted by Gasteiger charge is 2.35. The van der Waals surface area contributed by atoms with Gasteiger partial charge in [0, 0.05) is 36.9 Å². The first kappa shape index (κ1) is 23.0. The van der Waals surface area contributed by atoms with E-state index in [-0.39, 0.29) is 12.1 Å². The normalized spacial score (nSPS) is 16.9. The quantitative estimate of drug-likeness (QED) is 0.458. The molecule has 1 unspecified atom stereocenters. The molecule has 1 aromatic carbocycles. The molecule has 3 aromatic rings. The Morgan fingerprint density at radius 2 is 1.97 bits per heavy atom. The summed E-state index contributed by atoms with van der Waals surface area (Å²) < 4.78 is 13.2. The first-order valence-electron chi connectivity index (χ1n) is 12.3. The van der Waals surface area contributed by atoms with Crippen LogP contribution in [0.4, 0.5) is 4.79 Å². The Morgan fingerprint density at radius 3 is 2.76 bits per heavy atom. The first-order valence-corrected chi connectivity index (χ1v) is 13.1. The van der Waals surface area contributed by atoms with Crippen LogP contribution in [0, 0.1) is 0 Å². The van der Waals surface area contributed by atoms with Gasteiger partial charge in [-0.1, -0.05) is 12.1 Å². The summed E-state index contributed by atoms with van der Waals surface area (Å²) in [6.45, 7) is 4.45. The molecule has 5 rings (SSSR count). The number of nitrogens with zero attached hydrogens (tertiary/aromatic N) is 2. The van der Waals surface area contributed by atoms with E-state index in [9.17, 15) is 4.79 Å². The fraction of sp³-hybridized carbons (Fsp3) is 0.444. The number of hydrogen-bond donors (Lipinski definition) is 1. The van der Waals surface area contributed by atoms with E-state index in [1.807, 2.05) is 35.3 Å². The molecule has 0 saturated carbocycles. The Balaban J connectivity index is 1.57. The van der Waals surface area contributed by atoms with Gasteiger partial charge in [0.15, 0.2) is 0 Å². The standard InChI is InChI=1S/C27H33N3O3S/c1-3-33-20-13-11-19(12-14-20)25-23-9-6-16-29(23)26-22(21-8-4-5-10-24(21)34-26)18-30(25)27(31)28-15-7-17-32-2/h6,9,11-14,16,25H,3-5,7-8,10,15,17-18H2,1-2H3,(H,28,31). The third-order valence-electron chi connectivity index (χ3n) is 6.75. The topological polar surface area (TPSA) is 55.7 Å². The van der Waals surface area contributed by atoms with E-state index in [1.165, 1.54) is 33.8 Å². The highest BCUT2D eigenvalue weighted by molar-refractivity contribution is 7.15. The average Bonchev–Trinajstić information content (AvgIpc) is 3.44. The number of benzene rings is 1. The average molecular weight is 480 g/mol. The summed E-state index contributed by atoms with van der Waals surface area (Å²) >= 11 is 1.91. The van der Waals surface area contributed by atoms with E-state index in [1.54, 1.807) is 7.11 Å².